The number of carbonyl (C=O) groups excluding carboxylic acids is 1. The summed E-state index contributed by atoms with van der Waals surface area (Å²) in [6, 6.07) is 7.82. The van der Waals surface area contributed by atoms with Crippen LogP contribution in [0.2, 0.25) is 0 Å². The molecule has 0 radical (unpaired) electrons. The quantitative estimate of drug-likeness (QED) is 0.723. The van der Waals surface area contributed by atoms with Crippen molar-refractivity contribution >= 4 is 11.9 Å². The van der Waals surface area contributed by atoms with E-state index < -0.39 is 17.4 Å². The maximum atomic E-state index is 11.8. The molecule has 4 rings (SSSR count). The second kappa shape index (κ2) is 7.27. The normalized spacial score (nSPS) is 21.6. The summed E-state index contributed by atoms with van der Waals surface area (Å²) in [5.41, 5.74) is 2.50. The topological polar surface area (TPSA) is 108 Å². The summed E-state index contributed by atoms with van der Waals surface area (Å²) >= 11 is 0. The molecule has 2 fully saturated rings. The highest BCUT2D eigenvalue weighted by Crippen LogP contribution is 2.37. The molecule has 2 saturated heterocycles. The first-order valence-corrected chi connectivity index (χ1v) is 9.43. The summed E-state index contributed by atoms with van der Waals surface area (Å²) < 4.78 is 5.21. The third kappa shape index (κ3) is 3.35. The van der Waals surface area contributed by atoms with Crippen LogP contribution in [0.15, 0.2) is 30.5 Å². The smallest absolute Gasteiger partial charge is 0.309 e. The molecule has 2 aromatic rings. The van der Waals surface area contributed by atoms with E-state index in [9.17, 15) is 14.7 Å². The van der Waals surface area contributed by atoms with Crippen molar-refractivity contribution in [3.8, 4) is 17.0 Å². The number of nitrogens with one attached hydrogen (secondary N) is 2. The van der Waals surface area contributed by atoms with Crippen LogP contribution in [0.5, 0.6) is 5.75 Å². The van der Waals surface area contributed by atoms with E-state index in [2.05, 4.69) is 20.4 Å². The highest BCUT2D eigenvalue weighted by atomic mass is 16.5. The molecular weight excluding hydrogens is 360 g/mol. The number of piperidine rings is 1. The molecule has 2 aliphatic rings. The van der Waals surface area contributed by atoms with Gasteiger partial charge >= 0.3 is 5.97 Å². The predicted octanol–water partition coefficient (Wildman–Crippen LogP) is 1.64. The third-order valence-corrected chi connectivity index (χ3v) is 5.98. The second-order valence-corrected chi connectivity index (χ2v) is 7.57. The number of hydrogen-bond acceptors (Lipinski definition) is 5. The van der Waals surface area contributed by atoms with E-state index in [0.29, 0.717) is 12.8 Å². The van der Waals surface area contributed by atoms with Crippen LogP contribution in [-0.4, -0.2) is 57.8 Å². The summed E-state index contributed by atoms with van der Waals surface area (Å²) in [6.45, 7) is 2.19. The zero-order valence-corrected chi connectivity index (χ0v) is 15.8. The van der Waals surface area contributed by atoms with Gasteiger partial charge in [0.2, 0.25) is 5.91 Å². The number of rotatable bonds is 5. The van der Waals surface area contributed by atoms with Crippen molar-refractivity contribution in [1.29, 1.82) is 0 Å². The predicted molar refractivity (Wildman–Crippen MR) is 102 cm³/mol. The number of amides is 1. The lowest BCUT2D eigenvalue weighted by Gasteiger charge is -2.41. The minimum absolute atomic E-state index is 0.0820. The molecule has 3 heterocycles. The van der Waals surface area contributed by atoms with Crippen LogP contribution < -0.4 is 10.1 Å². The standard InChI is InChI=1S/C20H24N4O4/c1-28-15-4-2-13(3-5-15)18-14(11-21-23-18)12-24-8-6-20(7-9-24)16(19(26)27)10-17(25)22-20/h2-5,11,16H,6-10,12H2,1H3,(H,21,23)(H,22,25)(H,26,27). The van der Waals surface area contributed by atoms with E-state index in [0.717, 1.165) is 42.2 Å². The number of likely N-dealkylation sites (tertiary alicyclic amines) is 1. The number of nitrogens with zero attached hydrogens (tertiary/aromatic N) is 2. The van der Waals surface area contributed by atoms with Gasteiger partial charge in [0.25, 0.3) is 0 Å². The lowest BCUT2D eigenvalue weighted by molar-refractivity contribution is -0.144. The molecule has 1 spiro atoms. The number of aliphatic carboxylic acids is 1. The Morgan fingerprint density at radius 3 is 2.68 bits per heavy atom. The summed E-state index contributed by atoms with van der Waals surface area (Å²) in [5, 5.41) is 19.7. The first kappa shape index (κ1) is 18.5. The van der Waals surface area contributed by atoms with Crippen molar-refractivity contribution in [2.75, 3.05) is 20.2 Å². The number of hydrogen-bond donors (Lipinski definition) is 3. The minimum Gasteiger partial charge on any atom is -0.497 e. The number of H-pyrrole nitrogens is 1. The number of aromatic amines is 1. The Morgan fingerprint density at radius 2 is 2.04 bits per heavy atom. The fourth-order valence-electron chi connectivity index (χ4n) is 4.38. The summed E-state index contributed by atoms with van der Waals surface area (Å²) in [5.74, 6) is -0.871. The molecule has 0 bridgehead atoms. The summed E-state index contributed by atoms with van der Waals surface area (Å²) in [6.07, 6.45) is 3.21. The Morgan fingerprint density at radius 1 is 1.32 bits per heavy atom. The van der Waals surface area contributed by atoms with Gasteiger partial charge in [-0.2, -0.15) is 5.10 Å². The molecule has 1 amide bonds. The lowest BCUT2D eigenvalue weighted by atomic mass is 9.77. The molecule has 8 nitrogen and oxygen atoms in total. The highest BCUT2D eigenvalue weighted by Gasteiger charge is 2.51. The number of benzene rings is 1. The van der Waals surface area contributed by atoms with Crippen molar-refractivity contribution in [3.05, 3.63) is 36.0 Å². The number of carbonyl (C=O) groups is 2. The molecule has 1 unspecified atom stereocenters. The Hall–Kier alpha value is -2.87. The minimum atomic E-state index is -0.886. The maximum absolute atomic E-state index is 11.8. The van der Waals surface area contributed by atoms with E-state index >= 15 is 0 Å². The van der Waals surface area contributed by atoms with Crippen molar-refractivity contribution in [1.82, 2.24) is 20.4 Å². The molecule has 1 atom stereocenters. The third-order valence-electron chi connectivity index (χ3n) is 5.98. The van der Waals surface area contributed by atoms with Gasteiger partial charge in [-0.25, -0.2) is 0 Å². The monoisotopic (exact) mass is 384 g/mol. The van der Waals surface area contributed by atoms with Gasteiger partial charge in [0.15, 0.2) is 0 Å². The first-order valence-electron chi connectivity index (χ1n) is 9.43. The number of carboxylic acids is 1. The van der Waals surface area contributed by atoms with Gasteiger partial charge in [-0.1, -0.05) is 0 Å². The Labute approximate surface area is 162 Å². The number of methoxy groups -OCH3 is 1. The van der Waals surface area contributed by atoms with Crippen LogP contribution in [0.3, 0.4) is 0 Å². The maximum Gasteiger partial charge on any atom is 0.309 e. The summed E-state index contributed by atoms with van der Waals surface area (Å²) in [7, 11) is 1.64. The van der Waals surface area contributed by atoms with E-state index in [1.54, 1.807) is 7.11 Å². The number of ether oxygens (including phenoxy) is 1. The first-order chi connectivity index (χ1) is 13.5. The van der Waals surface area contributed by atoms with Crippen LogP contribution in [0, 0.1) is 5.92 Å². The van der Waals surface area contributed by atoms with Gasteiger partial charge in [-0.15, -0.1) is 0 Å². The Balaban J connectivity index is 1.44. The highest BCUT2D eigenvalue weighted by molar-refractivity contribution is 5.88. The average Bonchev–Trinajstić information content (AvgIpc) is 3.28. The van der Waals surface area contributed by atoms with Gasteiger partial charge in [0.1, 0.15) is 5.75 Å². The van der Waals surface area contributed by atoms with Crippen LogP contribution in [0.25, 0.3) is 11.3 Å². The van der Waals surface area contributed by atoms with Gasteiger partial charge in [0, 0.05) is 37.2 Å². The average molecular weight is 384 g/mol. The van der Waals surface area contributed by atoms with Gasteiger partial charge in [-0.3, -0.25) is 19.6 Å². The summed E-state index contributed by atoms with van der Waals surface area (Å²) in [4.78, 5) is 25.7. The lowest BCUT2D eigenvalue weighted by Crippen LogP contribution is -2.55. The van der Waals surface area contributed by atoms with Crippen molar-refractivity contribution in [2.45, 2.75) is 31.3 Å². The van der Waals surface area contributed by atoms with E-state index in [1.165, 1.54) is 0 Å². The largest absolute Gasteiger partial charge is 0.497 e. The Bertz CT molecular complexity index is 869. The second-order valence-electron chi connectivity index (χ2n) is 7.57. The van der Waals surface area contributed by atoms with E-state index in [-0.39, 0.29) is 12.3 Å². The van der Waals surface area contributed by atoms with Gasteiger partial charge < -0.3 is 15.2 Å². The molecule has 1 aromatic heterocycles. The van der Waals surface area contributed by atoms with Crippen LogP contribution in [-0.2, 0) is 16.1 Å². The van der Waals surface area contributed by atoms with E-state index in [1.807, 2.05) is 30.5 Å². The Kier molecular flexibility index (Phi) is 4.80. The zero-order chi connectivity index (χ0) is 19.7. The molecule has 1 aromatic carbocycles. The van der Waals surface area contributed by atoms with Crippen LogP contribution >= 0.6 is 0 Å². The molecule has 0 saturated carbocycles. The fraction of sp³-hybridized carbons (Fsp3) is 0.450. The molecule has 28 heavy (non-hydrogen) atoms. The molecule has 2 aliphatic heterocycles. The van der Waals surface area contributed by atoms with Crippen molar-refractivity contribution in [2.24, 2.45) is 5.92 Å². The van der Waals surface area contributed by atoms with Crippen molar-refractivity contribution < 1.29 is 19.4 Å². The SMILES string of the molecule is COc1ccc(-c2[nH]ncc2CN2CCC3(CC2)NC(=O)CC3C(=O)O)cc1. The van der Waals surface area contributed by atoms with Crippen LogP contribution in [0.1, 0.15) is 24.8 Å². The molecule has 0 aliphatic carbocycles. The van der Waals surface area contributed by atoms with Crippen LogP contribution in [0.4, 0.5) is 0 Å². The molecule has 8 heteroatoms. The zero-order valence-electron chi connectivity index (χ0n) is 15.8. The van der Waals surface area contributed by atoms with Gasteiger partial charge in [-0.05, 0) is 37.1 Å². The molecule has 3 N–H and O–H groups in total. The van der Waals surface area contributed by atoms with E-state index in [4.69, 9.17) is 4.74 Å². The molecule has 148 valence electrons. The van der Waals surface area contributed by atoms with Crippen molar-refractivity contribution in [3.63, 3.8) is 0 Å². The molecular formula is C20H24N4O4. The van der Waals surface area contributed by atoms with Gasteiger partial charge in [0.05, 0.1) is 30.5 Å². The number of carboxylic acid groups (broad SMARTS) is 1. The number of aromatic nitrogens is 2. The fourth-order valence-corrected chi connectivity index (χ4v) is 4.38.